The number of nitrogens with zero attached hydrogens (tertiary/aromatic N) is 2. The highest BCUT2D eigenvalue weighted by molar-refractivity contribution is 5.97. The second-order valence-corrected chi connectivity index (χ2v) is 7.31. The standard InChI is InChI=1S/C19H24N4O3/c1-11-17(13-6-2-3-7-16(13)26-11)19(25)23-8-4-5-12(10-23)14-9-15(18(20)24)22-21-14/h9,12H,2-8,10H2,1H3,(H2,20,24)(H,21,22)/t12-/m0/s1. The molecule has 2 aliphatic rings. The summed E-state index contributed by atoms with van der Waals surface area (Å²) in [4.78, 5) is 26.4. The van der Waals surface area contributed by atoms with Gasteiger partial charge >= 0.3 is 0 Å². The average molecular weight is 356 g/mol. The van der Waals surface area contributed by atoms with Crippen LogP contribution in [0.3, 0.4) is 0 Å². The van der Waals surface area contributed by atoms with Gasteiger partial charge in [-0.05, 0) is 45.1 Å². The molecule has 0 aromatic carbocycles. The van der Waals surface area contributed by atoms with Gasteiger partial charge < -0.3 is 15.1 Å². The molecule has 0 saturated carbocycles. The molecule has 26 heavy (non-hydrogen) atoms. The molecule has 1 fully saturated rings. The number of carbonyl (C=O) groups excluding carboxylic acids is 2. The number of aryl methyl sites for hydroxylation is 2. The molecular formula is C19H24N4O3. The van der Waals surface area contributed by atoms with Crippen molar-refractivity contribution in [2.75, 3.05) is 13.1 Å². The maximum absolute atomic E-state index is 13.2. The number of hydrogen-bond acceptors (Lipinski definition) is 4. The number of nitrogens with one attached hydrogen (secondary N) is 1. The number of H-pyrrole nitrogens is 1. The fourth-order valence-electron chi connectivity index (χ4n) is 4.23. The number of primary amides is 1. The first-order valence-corrected chi connectivity index (χ1v) is 9.30. The summed E-state index contributed by atoms with van der Waals surface area (Å²) in [6.07, 6.45) is 5.96. The van der Waals surface area contributed by atoms with Gasteiger partial charge in [-0.3, -0.25) is 14.7 Å². The molecular weight excluding hydrogens is 332 g/mol. The van der Waals surface area contributed by atoms with E-state index in [9.17, 15) is 9.59 Å². The molecule has 3 heterocycles. The van der Waals surface area contributed by atoms with E-state index in [1.54, 1.807) is 6.07 Å². The zero-order chi connectivity index (χ0) is 18.3. The topological polar surface area (TPSA) is 105 Å². The predicted molar refractivity (Wildman–Crippen MR) is 95.1 cm³/mol. The number of nitrogens with two attached hydrogens (primary N) is 1. The van der Waals surface area contributed by atoms with E-state index in [1.165, 1.54) is 0 Å². The lowest BCUT2D eigenvalue weighted by molar-refractivity contribution is 0.0702. The summed E-state index contributed by atoms with van der Waals surface area (Å²) in [6, 6.07) is 1.70. The van der Waals surface area contributed by atoms with Crippen LogP contribution < -0.4 is 5.73 Å². The van der Waals surface area contributed by atoms with Crippen molar-refractivity contribution in [2.24, 2.45) is 5.73 Å². The molecule has 7 nitrogen and oxygen atoms in total. The first kappa shape index (κ1) is 16.9. The Kier molecular flexibility index (Phi) is 4.30. The van der Waals surface area contributed by atoms with E-state index in [2.05, 4.69) is 10.2 Å². The third-order valence-corrected chi connectivity index (χ3v) is 5.56. The van der Waals surface area contributed by atoms with Crippen LogP contribution in [0.4, 0.5) is 0 Å². The van der Waals surface area contributed by atoms with E-state index < -0.39 is 5.91 Å². The number of rotatable bonds is 3. The highest BCUT2D eigenvalue weighted by Gasteiger charge is 2.32. The van der Waals surface area contributed by atoms with Gasteiger partial charge in [-0.1, -0.05) is 0 Å². The van der Waals surface area contributed by atoms with Crippen LogP contribution in [-0.4, -0.2) is 40.0 Å². The van der Waals surface area contributed by atoms with Crippen LogP contribution in [0.2, 0.25) is 0 Å². The van der Waals surface area contributed by atoms with E-state index in [4.69, 9.17) is 10.2 Å². The van der Waals surface area contributed by atoms with Crippen molar-refractivity contribution in [1.82, 2.24) is 15.1 Å². The third-order valence-electron chi connectivity index (χ3n) is 5.56. The summed E-state index contributed by atoms with van der Waals surface area (Å²) < 4.78 is 5.88. The summed E-state index contributed by atoms with van der Waals surface area (Å²) in [5.41, 5.74) is 8.26. The van der Waals surface area contributed by atoms with E-state index in [-0.39, 0.29) is 17.5 Å². The van der Waals surface area contributed by atoms with E-state index in [0.717, 1.165) is 73.4 Å². The molecule has 1 aliphatic carbocycles. The number of fused-ring (bicyclic) bond motifs is 1. The third kappa shape index (κ3) is 2.91. The number of likely N-dealkylation sites (tertiary alicyclic amines) is 1. The predicted octanol–water partition coefficient (Wildman–Crippen LogP) is 2.31. The second kappa shape index (κ2) is 6.63. The summed E-state index contributed by atoms with van der Waals surface area (Å²) in [5, 5.41) is 6.87. The Morgan fingerprint density at radius 2 is 2.12 bits per heavy atom. The number of piperidine rings is 1. The number of aromatic amines is 1. The van der Waals surface area contributed by atoms with Crippen LogP contribution in [0.5, 0.6) is 0 Å². The van der Waals surface area contributed by atoms with Crippen LogP contribution in [0.25, 0.3) is 0 Å². The van der Waals surface area contributed by atoms with E-state index in [0.29, 0.717) is 6.54 Å². The van der Waals surface area contributed by atoms with Crippen molar-refractivity contribution in [3.05, 3.63) is 40.1 Å². The molecule has 3 N–H and O–H groups in total. The Morgan fingerprint density at radius 3 is 2.88 bits per heavy atom. The second-order valence-electron chi connectivity index (χ2n) is 7.31. The van der Waals surface area contributed by atoms with Gasteiger partial charge in [0.1, 0.15) is 17.2 Å². The van der Waals surface area contributed by atoms with E-state index in [1.807, 2.05) is 11.8 Å². The van der Waals surface area contributed by atoms with Crippen LogP contribution in [0.1, 0.15) is 75.2 Å². The minimum Gasteiger partial charge on any atom is -0.465 e. The van der Waals surface area contributed by atoms with Crippen molar-refractivity contribution < 1.29 is 14.0 Å². The van der Waals surface area contributed by atoms with Gasteiger partial charge in [0.15, 0.2) is 0 Å². The monoisotopic (exact) mass is 356 g/mol. The summed E-state index contributed by atoms with van der Waals surface area (Å²) in [5.74, 6) is 1.38. The van der Waals surface area contributed by atoms with Gasteiger partial charge in [-0.25, -0.2) is 0 Å². The van der Waals surface area contributed by atoms with Gasteiger partial charge in [0.25, 0.3) is 11.8 Å². The first-order chi connectivity index (χ1) is 12.5. The van der Waals surface area contributed by atoms with E-state index >= 15 is 0 Å². The maximum Gasteiger partial charge on any atom is 0.269 e. The largest absolute Gasteiger partial charge is 0.465 e. The Bertz CT molecular complexity index is 851. The molecule has 0 spiro atoms. The molecule has 7 heteroatoms. The highest BCUT2D eigenvalue weighted by atomic mass is 16.3. The van der Waals surface area contributed by atoms with Crippen molar-refractivity contribution in [2.45, 2.75) is 51.4 Å². The van der Waals surface area contributed by atoms with Gasteiger partial charge in [-0.2, -0.15) is 5.10 Å². The van der Waals surface area contributed by atoms with Crippen molar-refractivity contribution in [1.29, 1.82) is 0 Å². The molecule has 1 aliphatic heterocycles. The summed E-state index contributed by atoms with van der Waals surface area (Å²) in [7, 11) is 0. The molecule has 2 aromatic heterocycles. The Morgan fingerprint density at radius 1 is 1.31 bits per heavy atom. The lowest BCUT2D eigenvalue weighted by Crippen LogP contribution is -2.39. The maximum atomic E-state index is 13.2. The lowest BCUT2D eigenvalue weighted by Gasteiger charge is -2.32. The fraction of sp³-hybridized carbons (Fsp3) is 0.526. The van der Waals surface area contributed by atoms with Crippen LogP contribution in [0, 0.1) is 6.92 Å². The number of furan rings is 1. The highest BCUT2D eigenvalue weighted by Crippen LogP contribution is 2.32. The molecule has 2 amide bonds. The van der Waals surface area contributed by atoms with Gasteiger partial charge in [0, 0.05) is 36.7 Å². The minimum absolute atomic E-state index is 0.0636. The summed E-state index contributed by atoms with van der Waals surface area (Å²) >= 11 is 0. The Balaban J connectivity index is 1.55. The normalized spacial score (nSPS) is 20.0. The average Bonchev–Trinajstić information content (AvgIpc) is 3.25. The molecule has 1 saturated heterocycles. The molecule has 0 bridgehead atoms. The van der Waals surface area contributed by atoms with Crippen LogP contribution >= 0.6 is 0 Å². The molecule has 2 aromatic rings. The molecule has 4 rings (SSSR count). The number of aromatic nitrogens is 2. The quantitative estimate of drug-likeness (QED) is 0.880. The first-order valence-electron chi connectivity index (χ1n) is 9.30. The zero-order valence-electron chi connectivity index (χ0n) is 15.0. The molecule has 1 atom stereocenters. The number of amides is 2. The summed E-state index contributed by atoms with van der Waals surface area (Å²) in [6.45, 7) is 3.24. The van der Waals surface area contributed by atoms with Crippen molar-refractivity contribution in [3.8, 4) is 0 Å². The van der Waals surface area contributed by atoms with Gasteiger partial charge in [0.05, 0.1) is 5.56 Å². The molecule has 138 valence electrons. The Hall–Kier alpha value is -2.57. The number of hydrogen-bond donors (Lipinski definition) is 2. The van der Waals surface area contributed by atoms with Crippen LogP contribution in [0.15, 0.2) is 10.5 Å². The molecule has 0 radical (unpaired) electrons. The van der Waals surface area contributed by atoms with Crippen LogP contribution in [-0.2, 0) is 12.8 Å². The molecule has 0 unspecified atom stereocenters. The van der Waals surface area contributed by atoms with Gasteiger partial charge in [0.2, 0.25) is 0 Å². The number of carbonyl (C=O) groups is 2. The Labute approximate surface area is 151 Å². The SMILES string of the molecule is Cc1oc2c(c1C(=O)N1CCC[C@H](c3cc(C(N)=O)n[nH]3)C1)CCCC2. The van der Waals surface area contributed by atoms with Gasteiger partial charge in [-0.15, -0.1) is 0 Å². The lowest BCUT2D eigenvalue weighted by atomic mass is 9.91. The smallest absolute Gasteiger partial charge is 0.269 e. The van der Waals surface area contributed by atoms with Crippen molar-refractivity contribution >= 4 is 11.8 Å². The van der Waals surface area contributed by atoms with Crippen molar-refractivity contribution in [3.63, 3.8) is 0 Å². The fourth-order valence-corrected chi connectivity index (χ4v) is 4.23. The minimum atomic E-state index is -0.545. The zero-order valence-corrected chi connectivity index (χ0v) is 15.0.